The van der Waals surface area contributed by atoms with Gasteiger partial charge in [-0.15, -0.1) is 0 Å². The Morgan fingerprint density at radius 3 is 0.955 bits per heavy atom. The molecule has 122 valence electrons. The van der Waals surface area contributed by atoms with Crippen LogP contribution < -0.4 is 0 Å². The van der Waals surface area contributed by atoms with Gasteiger partial charge in [0.1, 0.15) is 0 Å². The summed E-state index contributed by atoms with van der Waals surface area (Å²) < 4.78 is 0. The van der Waals surface area contributed by atoms with E-state index in [0.29, 0.717) is 0 Å². The van der Waals surface area contributed by atoms with Crippen LogP contribution in [0.5, 0.6) is 0 Å². The van der Waals surface area contributed by atoms with Crippen molar-refractivity contribution in [3.63, 3.8) is 0 Å². The van der Waals surface area contributed by atoms with Crippen LogP contribution in [0.4, 0.5) is 0 Å². The van der Waals surface area contributed by atoms with Crippen molar-refractivity contribution in [2.24, 2.45) is 35.5 Å². The lowest BCUT2D eigenvalue weighted by Gasteiger charge is -2.62. The average Bonchev–Trinajstić information content (AvgIpc) is 2.43. The van der Waals surface area contributed by atoms with Crippen molar-refractivity contribution in [1.82, 2.24) is 0 Å². The molecule has 0 aromatic carbocycles. The fourth-order valence-corrected chi connectivity index (χ4v) is 14.4. The van der Waals surface area contributed by atoms with Crippen LogP contribution in [0.25, 0.3) is 0 Å². The summed E-state index contributed by atoms with van der Waals surface area (Å²) in [6.07, 6.45) is 19.9. The fourth-order valence-electron chi connectivity index (χ4n) is 9.70. The quantitative estimate of drug-likeness (QED) is 0.567. The summed E-state index contributed by atoms with van der Waals surface area (Å²) >= 11 is 0. The van der Waals surface area contributed by atoms with Crippen LogP contribution in [0.2, 0.25) is 0 Å². The largest absolute Gasteiger partial charge is 0.0787 e. The molecule has 8 aliphatic carbocycles. The van der Waals surface area contributed by atoms with Crippen LogP contribution in [0, 0.1) is 35.5 Å². The van der Waals surface area contributed by atoms with Crippen molar-refractivity contribution in [3.8, 4) is 0 Å². The Hall–Kier alpha value is 0.430. The minimum atomic E-state index is -0.178. The highest BCUT2D eigenvalue weighted by Crippen LogP contribution is 2.77. The highest BCUT2D eigenvalue weighted by Gasteiger charge is 2.65. The third kappa shape index (κ3) is 1.75. The van der Waals surface area contributed by atoms with E-state index in [0.717, 1.165) is 10.3 Å². The second kappa shape index (κ2) is 4.33. The van der Waals surface area contributed by atoms with Crippen molar-refractivity contribution < 1.29 is 0 Å². The van der Waals surface area contributed by atoms with Gasteiger partial charge in [-0.3, -0.25) is 0 Å². The first-order chi connectivity index (χ1) is 10.6. The molecule has 0 aromatic rings. The maximum atomic E-state index is 2.87. The summed E-state index contributed by atoms with van der Waals surface area (Å²) in [5.74, 6) is 7.00. The van der Waals surface area contributed by atoms with Crippen molar-refractivity contribution >= 4 is 7.92 Å². The van der Waals surface area contributed by atoms with Gasteiger partial charge in [0.25, 0.3) is 0 Å². The zero-order valence-corrected chi connectivity index (χ0v) is 15.4. The highest BCUT2D eigenvalue weighted by atomic mass is 31.1. The van der Waals surface area contributed by atoms with Gasteiger partial charge >= 0.3 is 0 Å². The molecular weight excluding hydrogens is 283 g/mol. The molecule has 0 nitrogen and oxygen atoms in total. The van der Waals surface area contributed by atoms with E-state index in [1.54, 1.807) is 77.0 Å². The molecule has 0 atom stereocenters. The summed E-state index contributed by atoms with van der Waals surface area (Å²) in [6, 6.07) is 0. The molecule has 0 N–H and O–H groups in total. The predicted octanol–water partition coefficient (Wildman–Crippen LogP) is 5.77. The van der Waals surface area contributed by atoms with Crippen LogP contribution in [0.15, 0.2) is 0 Å². The summed E-state index contributed by atoms with van der Waals surface area (Å²) in [5, 5.41) is 1.82. The van der Waals surface area contributed by atoms with E-state index in [1.807, 2.05) is 0 Å². The summed E-state index contributed by atoms with van der Waals surface area (Å²) in [5.41, 5.74) is 0. The first-order valence-electron chi connectivity index (χ1n) is 10.5. The van der Waals surface area contributed by atoms with Gasteiger partial charge in [-0.05, 0) is 113 Å². The Kier molecular flexibility index (Phi) is 2.70. The van der Waals surface area contributed by atoms with Crippen molar-refractivity contribution in [2.45, 2.75) is 87.4 Å². The van der Waals surface area contributed by atoms with Gasteiger partial charge in [0.2, 0.25) is 0 Å². The molecule has 0 spiro atoms. The van der Waals surface area contributed by atoms with Crippen LogP contribution in [0.3, 0.4) is 0 Å². The van der Waals surface area contributed by atoms with Crippen LogP contribution in [0.1, 0.15) is 77.0 Å². The maximum absolute atomic E-state index is 2.87. The number of rotatable bonds is 2. The Labute approximate surface area is 138 Å². The normalized spacial score (nSPS) is 62.6. The monoisotopic (exact) mass is 317 g/mol. The van der Waals surface area contributed by atoms with Gasteiger partial charge in [-0.2, -0.15) is 0 Å². The molecule has 1 heteroatoms. The van der Waals surface area contributed by atoms with E-state index in [9.17, 15) is 0 Å². The molecule has 0 aliphatic heterocycles. The first-order valence-corrected chi connectivity index (χ1v) is 12.5. The summed E-state index contributed by atoms with van der Waals surface area (Å²) in [7, 11) is -0.178. The fraction of sp³-hybridized carbons (Fsp3) is 1.00. The molecule has 8 rings (SSSR count). The minimum absolute atomic E-state index is 0.178. The van der Waals surface area contributed by atoms with E-state index in [2.05, 4.69) is 6.66 Å². The van der Waals surface area contributed by atoms with E-state index < -0.39 is 0 Å². The molecule has 8 saturated carbocycles. The standard InChI is InChI=1S/C21H33P/c1-22(20-8-14-2-15(9-20)4-16(3-14)10-20)21-11-17-5-18(12-21)7-19(6-17)13-21/h14-19H,2-13H2,1H3/p+1. The third-order valence-corrected chi connectivity index (χ3v) is 14.1. The summed E-state index contributed by atoms with van der Waals surface area (Å²) in [4.78, 5) is 0. The van der Waals surface area contributed by atoms with E-state index in [4.69, 9.17) is 0 Å². The lowest BCUT2D eigenvalue weighted by molar-refractivity contribution is 0.0190. The Morgan fingerprint density at radius 2 is 0.727 bits per heavy atom. The van der Waals surface area contributed by atoms with Gasteiger partial charge in [-0.1, -0.05) is 0 Å². The van der Waals surface area contributed by atoms with Crippen molar-refractivity contribution in [1.29, 1.82) is 0 Å². The zero-order chi connectivity index (χ0) is 14.5. The smallest absolute Gasteiger partial charge is 0.0472 e. The van der Waals surface area contributed by atoms with Crippen LogP contribution in [-0.2, 0) is 0 Å². The second-order valence-corrected chi connectivity index (χ2v) is 14.4. The van der Waals surface area contributed by atoms with Gasteiger partial charge in [0.15, 0.2) is 0 Å². The Bertz CT molecular complexity index is 378. The Morgan fingerprint density at radius 1 is 0.500 bits per heavy atom. The first kappa shape index (κ1) is 13.7. The lowest BCUT2D eigenvalue weighted by atomic mass is 9.55. The van der Waals surface area contributed by atoms with Crippen molar-refractivity contribution in [2.75, 3.05) is 6.66 Å². The summed E-state index contributed by atoms with van der Waals surface area (Å²) in [6.45, 7) is 2.87. The topological polar surface area (TPSA) is 0 Å². The minimum Gasteiger partial charge on any atom is -0.0472 e. The lowest BCUT2D eigenvalue weighted by Crippen LogP contribution is -2.56. The zero-order valence-electron chi connectivity index (χ0n) is 14.4. The van der Waals surface area contributed by atoms with Gasteiger partial charge in [0.05, 0.1) is 10.3 Å². The highest BCUT2D eigenvalue weighted by molar-refractivity contribution is 7.60. The number of hydrogen-bond donors (Lipinski definition) is 0. The molecule has 0 heterocycles. The Balaban J connectivity index is 1.36. The average molecular weight is 317 g/mol. The maximum Gasteiger partial charge on any atom is 0.0787 e. The molecule has 8 aliphatic rings. The molecule has 22 heavy (non-hydrogen) atoms. The predicted molar refractivity (Wildman–Crippen MR) is 96.0 cm³/mol. The van der Waals surface area contributed by atoms with Crippen molar-refractivity contribution in [3.05, 3.63) is 0 Å². The van der Waals surface area contributed by atoms with E-state index >= 15 is 0 Å². The molecule has 0 amide bonds. The second-order valence-electron chi connectivity index (χ2n) is 11.0. The van der Waals surface area contributed by atoms with Gasteiger partial charge in [-0.25, -0.2) is 0 Å². The van der Waals surface area contributed by atoms with Gasteiger partial charge < -0.3 is 0 Å². The third-order valence-electron chi connectivity index (χ3n) is 9.67. The number of hydrogen-bond acceptors (Lipinski definition) is 0. The molecule has 0 radical (unpaired) electrons. The van der Waals surface area contributed by atoms with Gasteiger partial charge in [0, 0.05) is 14.6 Å². The van der Waals surface area contributed by atoms with E-state index in [1.165, 1.54) is 35.5 Å². The molecule has 8 fully saturated rings. The van der Waals surface area contributed by atoms with Crippen LogP contribution in [-0.4, -0.2) is 17.0 Å². The molecule has 8 bridgehead atoms. The van der Waals surface area contributed by atoms with E-state index in [-0.39, 0.29) is 7.92 Å². The molecular formula is C21H34P+. The van der Waals surface area contributed by atoms with Crippen LogP contribution >= 0.6 is 7.92 Å². The SMILES string of the molecule is C[PH+](C12CC3CC(CC(C3)C1)C2)C12CC3CC(CC(C3)C1)C2. The molecule has 0 unspecified atom stereocenters. The molecule has 0 aromatic heterocycles. The molecule has 0 saturated heterocycles.